The summed E-state index contributed by atoms with van der Waals surface area (Å²) in [5.74, 6) is 1.70. The Balaban J connectivity index is 1.28. The van der Waals surface area contributed by atoms with E-state index < -0.39 is 0 Å². The first-order valence-corrected chi connectivity index (χ1v) is 9.93. The predicted molar refractivity (Wildman–Crippen MR) is 109 cm³/mol. The molecule has 0 bridgehead atoms. The molecule has 3 aromatic rings. The van der Waals surface area contributed by atoms with E-state index in [1.807, 2.05) is 19.1 Å². The maximum Gasteiger partial charge on any atom is 0.317 e. The largest absolute Gasteiger partial charge is 0.353 e. The normalized spacial score (nSPS) is 14.1. The maximum absolute atomic E-state index is 13.0. The molecular weight excluding hydrogens is 387 g/mol. The van der Waals surface area contributed by atoms with E-state index in [4.69, 9.17) is 4.52 Å². The van der Waals surface area contributed by atoms with Crippen LogP contribution in [-0.2, 0) is 13.0 Å². The first kappa shape index (κ1) is 19.8. The van der Waals surface area contributed by atoms with Gasteiger partial charge < -0.3 is 19.6 Å². The molecule has 0 atom stereocenters. The number of nitrogens with zero attached hydrogens (tertiary/aromatic N) is 5. The molecule has 1 aliphatic rings. The molecule has 1 aromatic carbocycles. The van der Waals surface area contributed by atoms with E-state index in [1.54, 1.807) is 23.2 Å². The van der Waals surface area contributed by atoms with Gasteiger partial charge in [0, 0.05) is 50.9 Å². The van der Waals surface area contributed by atoms with Crippen LogP contribution in [0.4, 0.5) is 15.0 Å². The molecule has 1 fully saturated rings. The minimum atomic E-state index is -0.286. The Labute approximate surface area is 173 Å². The van der Waals surface area contributed by atoms with Crippen molar-refractivity contribution in [1.82, 2.24) is 25.3 Å². The van der Waals surface area contributed by atoms with E-state index >= 15 is 0 Å². The van der Waals surface area contributed by atoms with Gasteiger partial charge in [-0.1, -0.05) is 24.2 Å². The van der Waals surface area contributed by atoms with Crippen LogP contribution in [0.15, 0.2) is 47.1 Å². The smallest absolute Gasteiger partial charge is 0.317 e. The van der Waals surface area contributed by atoms with Crippen molar-refractivity contribution < 1.29 is 13.7 Å². The lowest BCUT2D eigenvalue weighted by Crippen LogP contribution is -2.51. The van der Waals surface area contributed by atoms with Crippen LogP contribution >= 0.6 is 0 Å². The highest BCUT2D eigenvalue weighted by molar-refractivity contribution is 5.74. The van der Waals surface area contributed by atoms with Gasteiger partial charge in [-0.25, -0.2) is 14.2 Å². The van der Waals surface area contributed by atoms with E-state index in [2.05, 4.69) is 25.3 Å². The van der Waals surface area contributed by atoms with Crippen LogP contribution < -0.4 is 10.2 Å². The Morgan fingerprint density at radius 3 is 2.53 bits per heavy atom. The van der Waals surface area contributed by atoms with E-state index in [1.165, 1.54) is 12.1 Å². The Bertz CT molecular complexity index is 981. The second-order valence-corrected chi connectivity index (χ2v) is 7.03. The number of aryl methyl sites for hydroxylation is 1. The molecule has 30 heavy (non-hydrogen) atoms. The molecule has 2 aromatic heterocycles. The van der Waals surface area contributed by atoms with Crippen LogP contribution in [0.3, 0.4) is 0 Å². The van der Waals surface area contributed by atoms with Crippen molar-refractivity contribution in [2.24, 2.45) is 0 Å². The average molecular weight is 410 g/mol. The minimum Gasteiger partial charge on any atom is -0.353 e. The number of carbonyl (C=O) groups excluding carboxylic acids is 1. The molecule has 1 N–H and O–H groups in total. The molecule has 0 spiro atoms. The quantitative estimate of drug-likeness (QED) is 0.696. The van der Waals surface area contributed by atoms with Gasteiger partial charge in [-0.2, -0.15) is 4.98 Å². The third-order valence-electron chi connectivity index (χ3n) is 5.02. The van der Waals surface area contributed by atoms with Crippen molar-refractivity contribution in [3.05, 3.63) is 59.9 Å². The second-order valence-electron chi connectivity index (χ2n) is 7.03. The van der Waals surface area contributed by atoms with Gasteiger partial charge in [-0.3, -0.25) is 0 Å². The fourth-order valence-electron chi connectivity index (χ4n) is 3.25. The van der Waals surface area contributed by atoms with E-state index in [0.717, 1.165) is 16.9 Å². The Morgan fingerprint density at radius 2 is 1.90 bits per heavy atom. The molecule has 0 unspecified atom stereocenters. The third-order valence-corrected chi connectivity index (χ3v) is 5.02. The number of hydrogen-bond donors (Lipinski definition) is 1. The Kier molecular flexibility index (Phi) is 5.87. The average Bonchev–Trinajstić information content (AvgIpc) is 3.28. The van der Waals surface area contributed by atoms with Crippen molar-refractivity contribution in [3.8, 4) is 11.4 Å². The summed E-state index contributed by atoms with van der Waals surface area (Å²) < 4.78 is 18.1. The van der Waals surface area contributed by atoms with Crippen molar-refractivity contribution >= 4 is 11.8 Å². The van der Waals surface area contributed by atoms with Gasteiger partial charge in [0.25, 0.3) is 0 Å². The van der Waals surface area contributed by atoms with Gasteiger partial charge in [0.2, 0.25) is 11.7 Å². The van der Waals surface area contributed by atoms with Crippen molar-refractivity contribution in [2.45, 2.75) is 19.9 Å². The van der Waals surface area contributed by atoms with E-state index in [9.17, 15) is 9.18 Å². The number of pyridine rings is 1. The molecule has 2 amide bonds. The monoisotopic (exact) mass is 410 g/mol. The number of nitrogens with one attached hydrogen (secondary N) is 1. The number of anilines is 1. The van der Waals surface area contributed by atoms with Gasteiger partial charge in [-0.15, -0.1) is 0 Å². The first-order chi connectivity index (χ1) is 14.6. The fraction of sp³-hybridized carbons (Fsp3) is 0.333. The van der Waals surface area contributed by atoms with Crippen LogP contribution in [0.2, 0.25) is 0 Å². The zero-order valence-corrected chi connectivity index (χ0v) is 16.7. The number of rotatable bonds is 5. The molecular formula is C21H23FN6O2. The van der Waals surface area contributed by atoms with Crippen LogP contribution in [0.1, 0.15) is 18.4 Å². The van der Waals surface area contributed by atoms with Crippen LogP contribution in [-0.4, -0.2) is 52.2 Å². The highest BCUT2D eigenvalue weighted by Crippen LogP contribution is 2.19. The highest BCUT2D eigenvalue weighted by Gasteiger charge is 2.22. The molecule has 1 aliphatic heterocycles. The summed E-state index contributed by atoms with van der Waals surface area (Å²) in [6.45, 7) is 4.92. The van der Waals surface area contributed by atoms with Gasteiger partial charge in [-0.05, 0) is 29.8 Å². The Hall–Kier alpha value is -3.49. The third kappa shape index (κ3) is 4.56. The van der Waals surface area contributed by atoms with Crippen molar-refractivity contribution in [3.63, 3.8) is 0 Å². The van der Waals surface area contributed by atoms with E-state index in [0.29, 0.717) is 50.9 Å². The summed E-state index contributed by atoms with van der Waals surface area (Å²) in [6.07, 6.45) is 2.43. The number of halogens is 1. The lowest BCUT2D eigenvalue weighted by molar-refractivity contribution is 0.194. The van der Waals surface area contributed by atoms with E-state index in [-0.39, 0.29) is 11.8 Å². The van der Waals surface area contributed by atoms with Gasteiger partial charge >= 0.3 is 6.03 Å². The number of amides is 2. The topological polar surface area (TPSA) is 87.4 Å². The summed E-state index contributed by atoms with van der Waals surface area (Å²) in [7, 11) is 0. The van der Waals surface area contributed by atoms with Gasteiger partial charge in [0.15, 0.2) is 0 Å². The fourth-order valence-corrected chi connectivity index (χ4v) is 3.25. The number of hydrogen-bond acceptors (Lipinski definition) is 6. The molecule has 8 nitrogen and oxygen atoms in total. The molecule has 0 aliphatic carbocycles. The zero-order valence-electron chi connectivity index (χ0n) is 16.7. The van der Waals surface area contributed by atoms with Crippen molar-refractivity contribution in [2.75, 3.05) is 31.1 Å². The van der Waals surface area contributed by atoms with Crippen LogP contribution in [0, 0.1) is 5.82 Å². The summed E-state index contributed by atoms with van der Waals surface area (Å²) in [6, 6.07) is 9.85. The van der Waals surface area contributed by atoms with Crippen molar-refractivity contribution in [1.29, 1.82) is 0 Å². The lowest BCUT2D eigenvalue weighted by Gasteiger charge is -2.35. The van der Waals surface area contributed by atoms with Gasteiger partial charge in [0.05, 0.1) is 0 Å². The molecule has 1 saturated heterocycles. The van der Waals surface area contributed by atoms with Gasteiger partial charge in [0.1, 0.15) is 11.6 Å². The Morgan fingerprint density at radius 1 is 1.13 bits per heavy atom. The molecule has 4 rings (SSSR count). The minimum absolute atomic E-state index is 0.119. The summed E-state index contributed by atoms with van der Waals surface area (Å²) in [5.41, 5.74) is 1.67. The number of urea groups is 1. The van der Waals surface area contributed by atoms with Crippen LogP contribution in [0.25, 0.3) is 11.4 Å². The summed E-state index contributed by atoms with van der Waals surface area (Å²) in [4.78, 5) is 25.1. The molecule has 156 valence electrons. The maximum atomic E-state index is 13.0. The lowest BCUT2D eigenvalue weighted by atomic mass is 10.2. The molecule has 0 saturated carbocycles. The molecule has 0 radical (unpaired) electrons. The number of piperazine rings is 1. The SMILES string of the molecule is CCc1nc(-c2ccc(N3CCN(C(=O)NCc4ccc(F)cc4)CC3)nc2)no1. The predicted octanol–water partition coefficient (Wildman–Crippen LogP) is 2.86. The standard InChI is InChI=1S/C21H23FN6O2/c1-2-19-25-20(26-30-19)16-5-8-18(23-14-16)27-9-11-28(12-10-27)21(29)24-13-15-3-6-17(22)7-4-15/h3-8,14H,2,9-13H2,1H3,(H,24,29). The number of benzene rings is 1. The molecule has 3 heterocycles. The zero-order chi connectivity index (χ0) is 20.9. The highest BCUT2D eigenvalue weighted by atomic mass is 19.1. The second kappa shape index (κ2) is 8.89. The van der Waals surface area contributed by atoms with Crippen LogP contribution in [0.5, 0.6) is 0 Å². The first-order valence-electron chi connectivity index (χ1n) is 9.93. The summed E-state index contributed by atoms with van der Waals surface area (Å²) >= 11 is 0. The summed E-state index contributed by atoms with van der Waals surface area (Å²) in [5, 5.41) is 6.85. The molecule has 9 heteroatoms. The number of aromatic nitrogens is 3. The number of carbonyl (C=O) groups is 1.